The second kappa shape index (κ2) is 11.7. The van der Waals surface area contributed by atoms with E-state index < -0.39 is 0 Å². The first kappa shape index (κ1) is 25.2. The van der Waals surface area contributed by atoms with Gasteiger partial charge >= 0.3 is 0 Å². The lowest BCUT2D eigenvalue weighted by Crippen LogP contribution is -2.47. The molecule has 1 atom stereocenters. The number of ether oxygens (including phenoxy) is 1. The van der Waals surface area contributed by atoms with Crippen LogP contribution >= 0.6 is 11.3 Å². The van der Waals surface area contributed by atoms with Crippen LogP contribution in [-0.4, -0.2) is 53.6 Å². The summed E-state index contributed by atoms with van der Waals surface area (Å²) < 4.78 is 20.1. The van der Waals surface area contributed by atoms with Crippen LogP contribution in [-0.2, 0) is 13.0 Å². The molecule has 1 aliphatic rings. The van der Waals surface area contributed by atoms with Crippen LogP contribution in [0.4, 0.5) is 4.39 Å². The number of hydrogen-bond donors (Lipinski definition) is 1. The molecule has 0 radical (unpaired) electrons. The van der Waals surface area contributed by atoms with Crippen LogP contribution in [0, 0.1) is 11.7 Å². The van der Waals surface area contributed by atoms with Crippen molar-refractivity contribution >= 4 is 17.2 Å². The van der Waals surface area contributed by atoms with Crippen molar-refractivity contribution in [1.29, 1.82) is 0 Å². The number of likely N-dealkylation sites (tertiary alicyclic amines) is 1. The van der Waals surface area contributed by atoms with Gasteiger partial charge in [-0.25, -0.2) is 4.39 Å². The Labute approximate surface area is 210 Å². The van der Waals surface area contributed by atoms with Gasteiger partial charge in [-0.05, 0) is 74.3 Å². The lowest BCUT2D eigenvalue weighted by atomic mass is 9.84. The summed E-state index contributed by atoms with van der Waals surface area (Å²) in [5.41, 5.74) is 1.49. The van der Waals surface area contributed by atoms with Crippen molar-refractivity contribution in [3.8, 4) is 11.5 Å². The van der Waals surface area contributed by atoms with E-state index in [1.54, 1.807) is 12.1 Å². The van der Waals surface area contributed by atoms with Gasteiger partial charge in [0, 0.05) is 25.2 Å². The van der Waals surface area contributed by atoms with Crippen molar-refractivity contribution in [2.45, 2.75) is 38.8 Å². The largest absolute Gasteiger partial charge is 0.504 e. The quantitative estimate of drug-likeness (QED) is 0.420. The fourth-order valence-corrected chi connectivity index (χ4v) is 5.64. The number of aromatic hydroxyl groups is 1. The molecule has 5 nitrogen and oxygen atoms in total. The molecule has 1 N–H and O–H groups in total. The summed E-state index contributed by atoms with van der Waals surface area (Å²) in [6.07, 6.45) is 2.28. The summed E-state index contributed by atoms with van der Waals surface area (Å²) in [4.78, 5) is 18.0. The number of piperidine rings is 1. The zero-order valence-electron chi connectivity index (χ0n) is 20.3. The number of hydrogen-bond acceptors (Lipinski definition) is 5. The predicted octanol–water partition coefficient (Wildman–Crippen LogP) is 5.59. The molecule has 3 aromatic rings. The Morgan fingerprint density at radius 3 is 2.57 bits per heavy atom. The number of amides is 1. The Kier molecular flexibility index (Phi) is 8.42. The topological polar surface area (TPSA) is 53.0 Å². The van der Waals surface area contributed by atoms with Crippen molar-refractivity contribution in [3.05, 3.63) is 81.8 Å². The number of rotatable bonds is 9. The summed E-state index contributed by atoms with van der Waals surface area (Å²) in [5.74, 6) is 0.731. The molecule has 186 valence electrons. The molecule has 2 aromatic carbocycles. The summed E-state index contributed by atoms with van der Waals surface area (Å²) in [7, 11) is 1.84. The molecular weight excluding hydrogens is 463 g/mol. The first-order chi connectivity index (χ1) is 17.0. The van der Waals surface area contributed by atoms with Crippen LogP contribution in [0.2, 0.25) is 0 Å². The zero-order valence-corrected chi connectivity index (χ0v) is 21.1. The predicted molar refractivity (Wildman–Crippen MR) is 138 cm³/mol. The van der Waals surface area contributed by atoms with Gasteiger partial charge in [0.2, 0.25) is 0 Å². The van der Waals surface area contributed by atoms with Crippen molar-refractivity contribution in [1.82, 2.24) is 9.80 Å². The van der Waals surface area contributed by atoms with Gasteiger partial charge in [-0.1, -0.05) is 36.4 Å². The molecule has 0 spiro atoms. The second-order valence-electron chi connectivity index (χ2n) is 9.07. The Morgan fingerprint density at radius 1 is 1.14 bits per heavy atom. The monoisotopic (exact) mass is 496 g/mol. The maximum atomic E-state index is 14.5. The highest BCUT2D eigenvalue weighted by Gasteiger charge is 2.33. The van der Waals surface area contributed by atoms with Crippen LogP contribution in [0.3, 0.4) is 0 Å². The van der Waals surface area contributed by atoms with Crippen LogP contribution < -0.4 is 4.74 Å². The first-order valence-electron chi connectivity index (χ1n) is 12.2. The van der Waals surface area contributed by atoms with Gasteiger partial charge in [0.15, 0.2) is 11.5 Å². The number of carbonyl (C=O) groups is 1. The van der Waals surface area contributed by atoms with E-state index in [9.17, 15) is 14.3 Å². The van der Waals surface area contributed by atoms with Crippen LogP contribution in [0.15, 0.2) is 60.0 Å². The lowest BCUT2D eigenvalue weighted by molar-refractivity contribution is 0.0587. The molecule has 0 unspecified atom stereocenters. The summed E-state index contributed by atoms with van der Waals surface area (Å²) in [5, 5.41) is 12.5. The van der Waals surface area contributed by atoms with Gasteiger partial charge in [0.1, 0.15) is 5.82 Å². The van der Waals surface area contributed by atoms with Gasteiger partial charge in [0.05, 0.1) is 11.5 Å². The molecule has 1 aromatic heterocycles. The van der Waals surface area contributed by atoms with Crippen molar-refractivity contribution in [2.75, 3.05) is 26.7 Å². The Balaban J connectivity index is 1.46. The third kappa shape index (κ3) is 6.03. The summed E-state index contributed by atoms with van der Waals surface area (Å²) in [6.45, 7) is 4.73. The van der Waals surface area contributed by atoms with E-state index in [1.165, 1.54) is 17.4 Å². The van der Waals surface area contributed by atoms with E-state index in [0.717, 1.165) is 31.5 Å². The number of likely N-dealkylation sites (N-methyl/N-ethyl adjacent to an activating group) is 1. The summed E-state index contributed by atoms with van der Waals surface area (Å²) >= 11 is 1.43. The van der Waals surface area contributed by atoms with Gasteiger partial charge in [-0.2, -0.15) is 0 Å². The Bertz CT molecular complexity index is 1110. The molecule has 1 fully saturated rings. The maximum Gasteiger partial charge on any atom is 0.263 e. The molecule has 0 aliphatic carbocycles. The van der Waals surface area contributed by atoms with Gasteiger partial charge in [0.25, 0.3) is 5.91 Å². The normalized spacial score (nSPS) is 15.6. The number of para-hydroxylation sites is 1. The molecule has 1 saturated heterocycles. The van der Waals surface area contributed by atoms with E-state index in [-0.39, 0.29) is 29.4 Å². The van der Waals surface area contributed by atoms with Crippen molar-refractivity contribution < 1.29 is 19.0 Å². The highest BCUT2D eigenvalue weighted by atomic mass is 32.1. The smallest absolute Gasteiger partial charge is 0.263 e. The third-order valence-corrected chi connectivity index (χ3v) is 7.75. The standard InChI is InChI=1S/C28H33FN2O3S/c1-3-34-25-11-6-9-22(27(25)32)19-31-15-13-20(14-16-31)24(18-21-8-4-5-10-23(21)29)30(2)28(33)26-12-7-17-35-26/h4-12,17,20,24,32H,3,13-16,18-19H2,1-2H3/t24-/m0/s1. The highest BCUT2D eigenvalue weighted by Crippen LogP contribution is 2.33. The average molecular weight is 497 g/mol. The van der Waals surface area contributed by atoms with E-state index >= 15 is 0 Å². The number of carbonyl (C=O) groups excluding carboxylic acids is 1. The SMILES string of the molecule is CCOc1cccc(CN2CCC([C@H](Cc3ccccc3F)N(C)C(=O)c3cccs3)CC2)c1O. The Hall–Kier alpha value is -2.90. The fourth-order valence-electron chi connectivity index (χ4n) is 4.94. The Morgan fingerprint density at radius 2 is 1.89 bits per heavy atom. The van der Waals surface area contributed by atoms with Crippen LogP contribution in [0.5, 0.6) is 11.5 Å². The van der Waals surface area contributed by atoms with Gasteiger partial charge in [-0.15, -0.1) is 11.3 Å². The number of nitrogens with zero attached hydrogens (tertiary/aromatic N) is 2. The number of phenolic OH excluding ortho intramolecular Hbond substituents is 1. The number of phenols is 1. The third-order valence-electron chi connectivity index (χ3n) is 6.89. The van der Waals surface area contributed by atoms with Crippen LogP contribution in [0.1, 0.15) is 40.6 Å². The number of halogens is 1. The van der Waals surface area contributed by atoms with Gasteiger partial charge in [-0.3, -0.25) is 9.69 Å². The molecular formula is C28H33FN2O3S. The lowest BCUT2D eigenvalue weighted by Gasteiger charge is -2.40. The molecule has 1 amide bonds. The minimum atomic E-state index is -0.225. The molecule has 7 heteroatoms. The molecule has 1 aliphatic heterocycles. The fraction of sp³-hybridized carbons (Fsp3) is 0.393. The maximum absolute atomic E-state index is 14.5. The molecule has 35 heavy (non-hydrogen) atoms. The van der Waals surface area contributed by atoms with Crippen molar-refractivity contribution in [2.24, 2.45) is 5.92 Å². The van der Waals surface area contributed by atoms with Gasteiger partial charge < -0.3 is 14.7 Å². The highest BCUT2D eigenvalue weighted by molar-refractivity contribution is 7.12. The number of thiophene rings is 1. The van der Waals surface area contributed by atoms with E-state index in [0.29, 0.717) is 35.8 Å². The molecule has 4 rings (SSSR count). The van der Waals surface area contributed by atoms with Crippen molar-refractivity contribution in [3.63, 3.8) is 0 Å². The molecule has 0 saturated carbocycles. The van der Waals surface area contributed by atoms with E-state index in [2.05, 4.69) is 4.90 Å². The summed E-state index contributed by atoms with van der Waals surface area (Å²) in [6, 6.07) is 16.1. The minimum absolute atomic E-state index is 0.0126. The zero-order chi connectivity index (χ0) is 24.8. The number of benzene rings is 2. The molecule has 0 bridgehead atoms. The molecule has 2 heterocycles. The van der Waals surface area contributed by atoms with E-state index in [4.69, 9.17) is 4.74 Å². The minimum Gasteiger partial charge on any atom is -0.504 e. The average Bonchev–Trinajstić information content (AvgIpc) is 3.41. The first-order valence-corrected chi connectivity index (χ1v) is 13.1. The van der Waals surface area contributed by atoms with E-state index in [1.807, 2.05) is 60.6 Å². The second-order valence-corrected chi connectivity index (χ2v) is 10.0. The van der Waals surface area contributed by atoms with Crippen LogP contribution in [0.25, 0.3) is 0 Å².